The Kier molecular flexibility index (Phi) is 9.48. The Hall–Kier alpha value is -3.11. The van der Waals surface area contributed by atoms with Crippen molar-refractivity contribution in [3.8, 4) is 5.75 Å². The molecule has 0 aliphatic carbocycles. The maximum atomic E-state index is 12.8. The summed E-state index contributed by atoms with van der Waals surface area (Å²) >= 11 is 0. The Morgan fingerprint density at radius 1 is 1.06 bits per heavy atom. The number of methoxy groups -OCH3 is 1. The van der Waals surface area contributed by atoms with Crippen molar-refractivity contribution in [2.75, 3.05) is 49.3 Å². The molecular weight excluding hydrogens is 434 g/mol. The van der Waals surface area contributed by atoms with Crippen molar-refractivity contribution in [2.45, 2.75) is 13.3 Å². The van der Waals surface area contributed by atoms with Gasteiger partial charge in [0.15, 0.2) is 0 Å². The van der Waals surface area contributed by atoms with Crippen LogP contribution in [0.5, 0.6) is 5.75 Å². The van der Waals surface area contributed by atoms with Crippen LogP contribution in [0.1, 0.15) is 23.7 Å². The molecule has 0 heterocycles. The van der Waals surface area contributed by atoms with Crippen molar-refractivity contribution < 1.29 is 27.5 Å². The van der Waals surface area contributed by atoms with Crippen molar-refractivity contribution in [1.82, 2.24) is 5.32 Å². The molecule has 0 unspecified atom stereocenters. The van der Waals surface area contributed by atoms with Gasteiger partial charge in [0.1, 0.15) is 12.3 Å². The number of carbonyl (C=O) groups is 2. The number of anilines is 2. The van der Waals surface area contributed by atoms with Gasteiger partial charge in [-0.3, -0.25) is 13.9 Å². The normalized spacial score (nSPS) is 11.0. The second-order valence-corrected chi connectivity index (χ2v) is 8.77. The molecule has 2 amide bonds. The van der Waals surface area contributed by atoms with Gasteiger partial charge in [0, 0.05) is 20.3 Å². The molecule has 9 nitrogen and oxygen atoms in total. The van der Waals surface area contributed by atoms with Gasteiger partial charge in [-0.25, -0.2) is 8.42 Å². The summed E-state index contributed by atoms with van der Waals surface area (Å²) in [4.78, 5) is 25.3. The van der Waals surface area contributed by atoms with Crippen LogP contribution < -0.4 is 19.7 Å². The van der Waals surface area contributed by atoms with Crippen molar-refractivity contribution in [2.24, 2.45) is 0 Å². The van der Waals surface area contributed by atoms with Crippen molar-refractivity contribution in [3.05, 3.63) is 54.1 Å². The average molecular weight is 464 g/mol. The molecule has 2 aromatic carbocycles. The lowest BCUT2D eigenvalue weighted by atomic mass is 10.1. The Bertz CT molecular complexity index is 1030. The van der Waals surface area contributed by atoms with Crippen LogP contribution in [0.4, 0.5) is 11.4 Å². The smallest absolute Gasteiger partial charge is 0.253 e. The van der Waals surface area contributed by atoms with Gasteiger partial charge >= 0.3 is 0 Å². The zero-order chi connectivity index (χ0) is 23.6. The molecule has 10 heteroatoms. The molecule has 2 aromatic rings. The summed E-state index contributed by atoms with van der Waals surface area (Å²) in [7, 11) is -2.21. The summed E-state index contributed by atoms with van der Waals surface area (Å²) in [6.45, 7) is 2.58. The molecule has 0 radical (unpaired) electrons. The lowest BCUT2D eigenvalue weighted by Gasteiger charge is -2.24. The van der Waals surface area contributed by atoms with E-state index in [0.29, 0.717) is 31.9 Å². The first kappa shape index (κ1) is 25.2. The highest BCUT2D eigenvalue weighted by Gasteiger charge is 2.24. The molecule has 2 N–H and O–H groups in total. The molecule has 0 saturated heterocycles. The minimum atomic E-state index is -3.79. The fourth-order valence-corrected chi connectivity index (χ4v) is 3.81. The number of hydrogen-bond acceptors (Lipinski definition) is 6. The maximum absolute atomic E-state index is 12.8. The highest BCUT2D eigenvalue weighted by Crippen LogP contribution is 2.29. The van der Waals surface area contributed by atoms with Crippen LogP contribution in [-0.2, 0) is 19.6 Å². The fraction of sp³-hybridized carbons (Fsp3) is 0.364. The first-order chi connectivity index (χ1) is 15.3. The van der Waals surface area contributed by atoms with Crippen LogP contribution in [-0.4, -0.2) is 59.9 Å². The SMILES string of the molecule is CCOc1ccccc1N(CC(=O)Nc1ccccc1C(=O)NCCCOC)S(C)(=O)=O. The Labute approximate surface area is 188 Å². The number of sulfonamides is 1. The number of nitrogens with one attached hydrogen (secondary N) is 2. The summed E-state index contributed by atoms with van der Waals surface area (Å²) in [6, 6.07) is 13.1. The second kappa shape index (κ2) is 12.1. The van der Waals surface area contributed by atoms with Crippen molar-refractivity contribution >= 4 is 33.2 Å². The molecule has 0 bridgehead atoms. The summed E-state index contributed by atoms with van der Waals surface area (Å²) in [5.41, 5.74) is 0.823. The molecule has 0 saturated carbocycles. The van der Waals surface area contributed by atoms with Gasteiger partial charge in [0.05, 0.1) is 29.8 Å². The van der Waals surface area contributed by atoms with Crippen LogP contribution in [0.15, 0.2) is 48.5 Å². The van der Waals surface area contributed by atoms with Gasteiger partial charge in [0.2, 0.25) is 15.9 Å². The maximum Gasteiger partial charge on any atom is 0.253 e. The Morgan fingerprint density at radius 3 is 2.44 bits per heavy atom. The van der Waals surface area contributed by atoms with Gasteiger partial charge in [-0.1, -0.05) is 24.3 Å². The van der Waals surface area contributed by atoms with E-state index in [-0.39, 0.29) is 22.8 Å². The number of carbonyl (C=O) groups excluding carboxylic acids is 2. The monoisotopic (exact) mass is 463 g/mol. The summed E-state index contributed by atoms with van der Waals surface area (Å²) < 4.78 is 36.3. The predicted octanol–water partition coefficient (Wildman–Crippen LogP) is 2.26. The highest BCUT2D eigenvalue weighted by molar-refractivity contribution is 7.92. The summed E-state index contributed by atoms with van der Waals surface area (Å²) in [5.74, 6) is -0.593. The highest BCUT2D eigenvalue weighted by atomic mass is 32.2. The molecule has 2 rings (SSSR count). The minimum absolute atomic E-state index is 0.260. The second-order valence-electron chi connectivity index (χ2n) is 6.87. The third kappa shape index (κ3) is 7.24. The van der Waals surface area contributed by atoms with E-state index in [1.165, 1.54) is 0 Å². The molecule has 32 heavy (non-hydrogen) atoms. The van der Waals surface area contributed by atoms with E-state index in [4.69, 9.17) is 9.47 Å². The lowest BCUT2D eigenvalue weighted by Crippen LogP contribution is -2.38. The zero-order valence-corrected chi connectivity index (χ0v) is 19.3. The van der Waals surface area contributed by atoms with Crippen LogP contribution in [0.2, 0.25) is 0 Å². The van der Waals surface area contributed by atoms with Crippen molar-refractivity contribution in [3.63, 3.8) is 0 Å². The van der Waals surface area contributed by atoms with E-state index in [1.807, 2.05) is 0 Å². The molecule has 0 aliphatic rings. The van der Waals surface area contributed by atoms with Crippen molar-refractivity contribution in [1.29, 1.82) is 0 Å². The van der Waals surface area contributed by atoms with E-state index in [9.17, 15) is 18.0 Å². The van der Waals surface area contributed by atoms with E-state index >= 15 is 0 Å². The predicted molar refractivity (Wildman–Crippen MR) is 124 cm³/mol. The van der Waals surface area contributed by atoms with E-state index in [1.54, 1.807) is 62.6 Å². The Balaban J connectivity index is 2.19. The van der Waals surface area contributed by atoms with Gasteiger partial charge in [0.25, 0.3) is 5.91 Å². The number of ether oxygens (including phenoxy) is 2. The third-order valence-electron chi connectivity index (χ3n) is 4.38. The number of benzene rings is 2. The number of amides is 2. The van der Waals surface area contributed by atoms with E-state index in [0.717, 1.165) is 10.6 Å². The van der Waals surface area contributed by atoms with Crippen LogP contribution >= 0.6 is 0 Å². The van der Waals surface area contributed by atoms with Gasteiger partial charge < -0.3 is 20.1 Å². The summed E-state index contributed by atoms with van der Waals surface area (Å²) in [5, 5.41) is 5.41. The topological polar surface area (TPSA) is 114 Å². The first-order valence-electron chi connectivity index (χ1n) is 10.1. The third-order valence-corrected chi connectivity index (χ3v) is 5.50. The average Bonchev–Trinajstić information content (AvgIpc) is 2.75. The first-order valence-corrected chi connectivity index (χ1v) is 12.0. The zero-order valence-electron chi connectivity index (χ0n) is 18.5. The van der Waals surface area contributed by atoms with Gasteiger partial charge in [-0.2, -0.15) is 0 Å². The van der Waals surface area contributed by atoms with Gasteiger partial charge in [-0.15, -0.1) is 0 Å². The molecular formula is C22H29N3O6S. The van der Waals surface area contributed by atoms with E-state index < -0.39 is 22.5 Å². The van der Waals surface area contributed by atoms with Gasteiger partial charge in [-0.05, 0) is 37.6 Å². The molecule has 0 fully saturated rings. The number of para-hydroxylation sites is 3. The minimum Gasteiger partial charge on any atom is -0.492 e. The molecule has 174 valence electrons. The van der Waals surface area contributed by atoms with E-state index in [2.05, 4.69) is 10.6 Å². The molecule has 0 spiro atoms. The fourth-order valence-electron chi connectivity index (χ4n) is 2.95. The quantitative estimate of drug-likeness (QED) is 0.467. The number of hydrogen-bond donors (Lipinski definition) is 2. The molecule has 0 atom stereocenters. The number of rotatable bonds is 12. The lowest BCUT2D eigenvalue weighted by molar-refractivity contribution is -0.114. The number of nitrogens with zero attached hydrogens (tertiary/aromatic N) is 1. The largest absolute Gasteiger partial charge is 0.492 e. The van der Waals surface area contributed by atoms with Crippen LogP contribution in [0, 0.1) is 0 Å². The van der Waals surface area contributed by atoms with Crippen LogP contribution in [0.25, 0.3) is 0 Å². The summed E-state index contributed by atoms with van der Waals surface area (Å²) in [6.07, 6.45) is 1.67. The standard InChI is InChI=1S/C22H29N3O6S/c1-4-31-20-13-8-7-12-19(20)25(32(3,28)29)16-21(26)24-18-11-6-5-10-17(18)22(27)23-14-9-15-30-2/h5-8,10-13H,4,9,14-16H2,1-3H3,(H,23,27)(H,24,26). The molecule has 0 aliphatic heterocycles. The Morgan fingerprint density at radius 2 is 1.75 bits per heavy atom. The molecule has 0 aromatic heterocycles. The van der Waals surface area contributed by atoms with Crippen LogP contribution in [0.3, 0.4) is 0 Å².